The Morgan fingerprint density at radius 1 is 0.971 bits per heavy atom. The van der Waals surface area contributed by atoms with Gasteiger partial charge in [-0.1, -0.05) is 59.7 Å². The molecule has 11 heteroatoms. The van der Waals surface area contributed by atoms with Crippen molar-refractivity contribution >= 4 is 40.7 Å². The van der Waals surface area contributed by atoms with E-state index in [-0.39, 0.29) is 5.91 Å². The third kappa shape index (κ3) is 4.69. The van der Waals surface area contributed by atoms with E-state index >= 15 is 0 Å². The second-order valence-corrected chi connectivity index (χ2v) is 7.70. The van der Waals surface area contributed by atoms with Crippen LogP contribution in [0.25, 0.3) is 0 Å². The third-order valence-corrected chi connectivity index (χ3v) is 5.38. The van der Waals surface area contributed by atoms with Crippen LogP contribution in [0.4, 0.5) is 27.8 Å². The summed E-state index contributed by atoms with van der Waals surface area (Å²) in [6.07, 6.45) is -1.12. The van der Waals surface area contributed by atoms with E-state index in [0.717, 1.165) is 11.1 Å². The molecule has 1 unspecified atom stereocenters. The number of nitrogens with zero attached hydrogens (tertiary/aromatic N) is 5. The summed E-state index contributed by atoms with van der Waals surface area (Å²) in [5.41, 5.74) is 4.13. The van der Waals surface area contributed by atoms with Crippen molar-refractivity contribution in [1.29, 1.82) is 0 Å². The van der Waals surface area contributed by atoms with Gasteiger partial charge in [-0.15, -0.1) is 5.10 Å². The molecule has 1 aliphatic rings. The number of rotatable bonds is 5. The lowest BCUT2D eigenvalue weighted by Gasteiger charge is -2.21. The Kier molecular flexibility index (Phi) is 5.87. The van der Waals surface area contributed by atoms with Gasteiger partial charge in [-0.3, -0.25) is 4.79 Å². The first-order valence-corrected chi connectivity index (χ1v) is 10.8. The fraction of sp³-hybridized carbons (Fsp3) is 0.0833. The molecule has 0 aliphatic carbocycles. The van der Waals surface area contributed by atoms with Crippen LogP contribution in [0.5, 0.6) is 0 Å². The van der Waals surface area contributed by atoms with Crippen molar-refractivity contribution < 1.29 is 9.59 Å². The summed E-state index contributed by atoms with van der Waals surface area (Å²) >= 11 is 0. The number of likely N-dealkylation sites (N-methyl/N-ethyl adjacent to an activating group) is 1. The Hall–Kier alpha value is -5.06. The fourth-order valence-electron chi connectivity index (χ4n) is 3.75. The zero-order chi connectivity index (χ0) is 24.2. The molecule has 174 valence electrons. The first kappa shape index (κ1) is 21.8. The second kappa shape index (κ2) is 9.43. The van der Waals surface area contributed by atoms with Gasteiger partial charge in [-0.2, -0.15) is 5.21 Å². The van der Waals surface area contributed by atoms with Crippen LogP contribution in [0.1, 0.15) is 11.1 Å². The molecule has 0 radical (unpaired) electrons. The molecule has 11 nitrogen and oxygen atoms in total. The summed E-state index contributed by atoms with van der Waals surface area (Å²) in [6, 6.07) is 23.5. The van der Waals surface area contributed by atoms with E-state index in [2.05, 4.69) is 41.6 Å². The van der Waals surface area contributed by atoms with E-state index in [0.29, 0.717) is 28.7 Å². The quantitative estimate of drug-likeness (QED) is 0.356. The molecule has 1 aliphatic heterocycles. The fourth-order valence-corrected chi connectivity index (χ4v) is 3.75. The van der Waals surface area contributed by atoms with Gasteiger partial charge in [0.1, 0.15) is 0 Å². The van der Waals surface area contributed by atoms with Gasteiger partial charge < -0.3 is 20.9 Å². The van der Waals surface area contributed by atoms with Crippen molar-refractivity contribution in [3.05, 3.63) is 90.0 Å². The molecule has 1 aromatic heterocycles. The lowest BCUT2D eigenvalue weighted by molar-refractivity contribution is -0.119. The van der Waals surface area contributed by atoms with Crippen LogP contribution in [-0.2, 0) is 4.79 Å². The molecule has 2 heterocycles. The number of para-hydroxylation sites is 1. The van der Waals surface area contributed by atoms with Gasteiger partial charge in [0.25, 0.3) is 11.9 Å². The molecule has 4 aromatic rings. The SMILES string of the molecule is CN1C(=O)C(NC(=O)Nc2cccc(Nc3nn[nH]n3)c2)N=C(c2ccccc2)c2ccccc21. The number of urea groups is 1. The van der Waals surface area contributed by atoms with Crippen LogP contribution in [0, 0.1) is 0 Å². The first-order chi connectivity index (χ1) is 17.1. The van der Waals surface area contributed by atoms with Crippen molar-refractivity contribution in [2.24, 2.45) is 4.99 Å². The predicted molar refractivity (Wildman–Crippen MR) is 132 cm³/mol. The normalized spacial score (nSPS) is 15.0. The number of carbonyl (C=O) groups is 2. The highest BCUT2D eigenvalue weighted by Crippen LogP contribution is 2.27. The topological polar surface area (TPSA) is 140 Å². The molecule has 0 saturated carbocycles. The number of H-pyrrole nitrogens is 1. The minimum absolute atomic E-state index is 0.293. The molecule has 0 saturated heterocycles. The highest BCUT2D eigenvalue weighted by Gasteiger charge is 2.30. The van der Waals surface area contributed by atoms with Crippen molar-refractivity contribution in [2.45, 2.75) is 6.17 Å². The summed E-state index contributed by atoms with van der Waals surface area (Å²) in [7, 11) is 1.67. The molecule has 0 spiro atoms. The Bertz CT molecular complexity index is 1390. The van der Waals surface area contributed by atoms with Crippen LogP contribution < -0.4 is 20.9 Å². The number of tetrazole rings is 1. The van der Waals surface area contributed by atoms with E-state index in [4.69, 9.17) is 0 Å². The summed E-state index contributed by atoms with van der Waals surface area (Å²) in [5.74, 6) is -0.0629. The monoisotopic (exact) mass is 467 g/mol. The molecular weight excluding hydrogens is 446 g/mol. The maximum absolute atomic E-state index is 13.2. The van der Waals surface area contributed by atoms with Crippen molar-refractivity contribution in [3.8, 4) is 0 Å². The van der Waals surface area contributed by atoms with Crippen LogP contribution >= 0.6 is 0 Å². The number of benzene rings is 3. The average molecular weight is 467 g/mol. The van der Waals surface area contributed by atoms with Crippen molar-refractivity contribution in [3.63, 3.8) is 0 Å². The number of carbonyl (C=O) groups excluding carboxylic acids is 2. The lowest BCUT2D eigenvalue weighted by atomic mass is 10.0. The third-order valence-electron chi connectivity index (χ3n) is 5.38. The molecular formula is C24H21N9O2. The smallest absolute Gasteiger partial charge is 0.321 e. The summed E-state index contributed by atoms with van der Waals surface area (Å²) in [5, 5.41) is 21.9. The molecule has 1 atom stereocenters. The Morgan fingerprint density at radius 2 is 1.74 bits per heavy atom. The predicted octanol–water partition coefficient (Wildman–Crippen LogP) is 2.90. The van der Waals surface area contributed by atoms with Crippen molar-refractivity contribution in [2.75, 3.05) is 22.6 Å². The number of aromatic amines is 1. The molecule has 0 bridgehead atoms. The van der Waals surface area contributed by atoms with Gasteiger partial charge in [0.05, 0.1) is 11.4 Å². The van der Waals surface area contributed by atoms with Crippen molar-refractivity contribution in [1.82, 2.24) is 25.9 Å². The number of fused-ring (bicyclic) bond motifs is 1. The minimum atomic E-state index is -1.12. The van der Waals surface area contributed by atoms with E-state index in [9.17, 15) is 9.59 Å². The molecule has 4 N–H and O–H groups in total. The Labute approximate surface area is 200 Å². The van der Waals surface area contributed by atoms with Crippen LogP contribution in [0.15, 0.2) is 83.9 Å². The van der Waals surface area contributed by atoms with E-state index < -0.39 is 12.2 Å². The van der Waals surface area contributed by atoms with E-state index in [1.165, 1.54) is 4.90 Å². The number of anilines is 4. The summed E-state index contributed by atoms with van der Waals surface area (Å²) in [4.78, 5) is 32.3. The van der Waals surface area contributed by atoms with Gasteiger partial charge in [-0.25, -0.2) is 9.79 Å². The zero-order valence-corrected chi connectivity index (χ0v) is 18.6. The number of benzodiazepines with no additional fused rings is 1. The zero-order valence-electron chi connectivity index (χ0n) is 18.6. The number of aliphatic imine (C=N–C) groups is 1. The average Bonchev–Trinajstić information content (AvgIpc) is 3.36. The van der Waals surface area contributed by atoms with Gasteiger partial charge in [0.2, 0.25) is 6.17 Å². The van der Waals surface area contributed by atoms with Gasteiger partial charge >= 0.3 is 6.03 Å². The highest BCUT2D eigenvalue weighted by molar-refractivity contribution is 6.20. The lowest BCUT2D eigenvalue weighted by Crippen LogP contribution is -2.47. The number of hydrogen-bond donors (Lipinski definition) is 4. The van der Waals surface area contributed by atoms with Gasteiger partial charge in [0, 0.05) is 29.5 Å². The van der Waals surface area contributed by atoms with Crippen LogP contribution in [0.2, 0.25) is 0 Å². The van der Waals surface area contributed by atoms with Crippen LogP contribution in [-0.4, -0.2) is 51.5 Å². The molecule has 35 heavy (non-hydrogen) atoms. The van der Waals surface area contributed by atoms with E-state index in [1.807, 2.05) is 54.6 Å². The summed E-state index contributed by atoms with van der Waals surface area (Å²) < 4.78 is 0. The molecule has 3 aromatic carbocycles. The van der Waals surface area contributed by atoms with Gasteiger partial charge in [0.15, 0.2) is 0 Å². The van der Waals surface area contributed by atoms with E-state index in [1.54, 1.807) is 31.3 Å². The second-order valence-electron chi connectivity index (χ2n) is 7.70. The van der Waals surface area contributed by atoms with Crippen LogP contribution in [0.3, 0.4) is 0 Å². The molecule has 5 rings (SSSR count). The maximum Gasteiger partial charge on any atom is 0.321 e. The molecule has 0 fully saturated rings. The first-order valence-electron chi connectivity index (χ1n) is 10.8. The highest BCUT2D eigenvalue weighted by atomic mass is 16.2. The number of amides is 3. The Morgan fingerprint density at radius 3 is 2.54 bits per heavy atom. The summed E-state index contributed by atoms with van der Waals surface area (Å²) in [6.45, 7) is 0. The number of nitrogens with one attached hydrogen (secondary N) is 4. The number of aromatic nitrogens is 4. The minimum Gasteiger partial charge on any atom is -0.321 e. The molecule has 3 amide bonds. The van der Waals surface area contributed by atoms with Gasteiger partial charge in [-0.05, 0) is 29.5 Å². The Balaban J connectivity index is 1.39. The largest absolute Gasteiger partial charge is 0.321 e. The standard InChI is InChI=1S/C24H21N9O2/c1-33-19-13-6-5-12-18(19)20(15-8-3-2-4-9-15)27-21(22(33)34)28-24(35)26-17-11-7-10-16(14-17)25-23-29-31-32-30-23/h2-14,21H,1H3,(H2,26,28,35)(H2,25,29,30,31,32). The maximum atomic E-state index is 13.2. The number of hydrogen-bond acceptors (Lipinski definition) is 7.